The van der Waals surface area contributed by atoms with Crippen LogP contribution in [0.1, 0.15) is 5.82 Å². The number of hydrogen-bond donors (Lipinski definition) is 0. The molecule has 0 aliphatic heterocycles. The molecule has 0 saturated carbocycles. The molecule has 3 aromatic rings. The van der Waals surface area contributed by atoms with Crippen molar-refractivity contribution in [1.82, 2.24) is 18.7 Å². The standard InChI is InChI=1S/C16H18N4O3S/c1-18-12(9-24-11-7-5-6-10(8-11)23-4)17-14-13(18)15(21)20(3)16(22)19(14)2/h5-8H,9H2,1-4H3. The van der Waals surface area contributed by atoms with Crippen molar-refractivity contribution in [2.45, 2.75) is 10.6 Å². The molecule has 2 heterocycles. The van der Waals surface area contributed by atoms with Crippen molar-refractivity contribution in [2.24, 2.45) is 21.1 Å². The van der Waals surface area contributed by atoms with Crippen LogP contribution in [0.15, 0.2) is 38.8 Å². The molecule has 0 radical (unpaired) electrons. The van der Waals surface area contributed by atoms with Crippen LogP contribution in [0.2, 0.25) is 0 Å². The number of hydrogen-bond acceptors (Lipinski definition) is 5. The van der Waals surface area contributed by atoms with E-state index in [1.165, 1.54) is 11.6 Å². The number of aryl methyl sites for hydroxylation is 2. The first-order valence-corrected chi connectivity index (χ1v) is 8.30. The van der Waals surface area contributed by atoms with Crippen LogP contribution in [0.4, 0.5) is 0 Å². The Balaban J connectivity index is 2.00. The first-order valence-electron chi connectivity index (χ1n) is 7.32. The van der Waals surface area contributed by atoms with Crippen LogP contribution in [0.5, 0.6) is 5.75 Å². The predicted molar refractivity (Wildman–Crippen MR) is 93.8 cm³/mol. The minimum absolute atomic E-state index is 0.333. The molecule has 126 valence electrons. The van der Waals surface area contributed by atoms with Gasteiger partial charge in [0.15, 0.2) is 11.2 Å². The SMILES string of the molecule is COc1cccc(SCc2nc3c(c(=O)n(C)c(=O)n3C)n2C)c1. The van der Waals surface area contributed by atoms with Crippen LogP contribution in [-0.4, -0.2) is 25.8 Å². The van der Waals surface area contributed by atoms with E-state index in [-0.39, 0.29) is 11.2 Å². The van der Waals surface area contributed by atoms with Gasteiger partial charge >= 0.3 is 5.69 Å². The van der Waals surface area contributed by atoms with Crippen LogP contribution >= 0.6 is 11.8 Å². The van der Waals surface area contributed by atoms with Gasteiger partial charge in [-0.2, -0.15) is 0 Å². The molecule has 0 amide bonds. The topological polar surface area (TPSA) is 71.1 Å². The summed E-state index contributed by atoms with van der Waals surface area (Å²) in [6, 6.07) is 7.75. The zero-order valence-corrected chi connectivity index (χ0v) is 14.8. The summed E-state index contributed by atoms with van der Waals surface area (Å²) in [5.41, 5.74) is 0.131. The Bertz CT molecular complexity index is 1030. The summed E-state index contributed by atoms with van der Waals surface area (Å²) in [7, 11) is 6.52. The fourth-order valence-electron chi connectivity index (χ4n) is 2.53. The van der Waals surface area contributed by atoms with Crippen molar-refractivity contribution < 1.29 is 4.74 Å². The molecule has 7 nitrogen and oxygen atoms in total. The van der Waals surface area contributed by atoms with Gasteiger partial charge in [0.05, 0.1) is 12.9 Å². The third kappa shape index (κ3) is 2.62. The summed E-state index contributed by atoms with van der Waals surface area (Å²) in [6.07, 6.45) is 0. The number of thioether (sulfide) groups is 1. The molecule has 2 aromatic heterocycles. The average Bonchev–Trinajstić information content (AvgIpc) is 2.93. The van der Waals surface area contributed by atoms with E-state index in [9.17, 15) is 9.59 Å². The average molecular weight is 346 g/mol. The Kier molecular flexibility index (Phi) is 4.23. The van der Waals surface area contributed by atoms with Crippen molar-refractivity contribution >= 4 is 22.9 Å². The lowest BCUT2D eigenvalue weighted by Crippen LogP contribution is -2.37. The normalized spacial score (nSPS) is 11.2. The maximum atomic E-state index is 12.4. The van der Waals surface area contributed by atoms with Crippen molar-refractivity contribution in [3.63, 3.8) is 0 Å². The fourth-order valence-corrected chi connectivity index (χ4v) is 3.46. The molecule has 0 atom stereocenters. The van der Waals surface area contributed by atoms with Gasteiger partial charge in [0.25, 0.3) is 5.56 Å². The van der Waals surface area contributed by atoms with E-state index < -0.39 is 0 Å². The number of imidazole rings is 1. The number of nitrogens with zero attached hydrogens (tertiary/aromatic N) is 4. The second kappa shape index (κ2) is 6.20. The smallest absolute Gasteiger partial charge is 0.332 e. The highest BCUT2D eigenvalue weighted by atomic mass is 32.2. The van der Waals surface area contributed by atoms with E-state index in [4.69, 9.17) is 4.74 Å². The van der Waals surface area contributed by atoms with E-state index in [2.05, 4.69) is 4.98 Å². The Morgan fingerprint density at radius 1 is 1.12 bits per heavy atom. The molecule has 8 heteroatoms. The molecule has 0 spiro atoms. The van der Waals surface area contributed by atoms with Crippen LogP contribution in [0, 0.1) is 0 Å². The molecule has 3 rings (SSSR count). The largest absolute Gasteiger partial charge is 0.497 e. The molecule has 0 saturated heterocycles. The highest BCUT2D eigenvalue weighted by Crippen LogP contribution is 2.26. The van der Waals surface area contributed by atoms with E-state index in [1.54, 1.807) is 37.5 Å². The zero-order chi connectivity index (χ0) is 17.4. The number of fused-ring (bicyclic) bond motifs is 1. The maximum absolute atomic E-state index is 12.4. The van der Waals surface area contributed by atoms with Crippen LogP contribution in [0.3, 0.4) is 0 Å². The number of ether oxygens (including phenoxy) is 1. The lowest BCUT2D eigenvalue weighted by atomic mass is 10.3. The van der Waals surface area contributed by atoms with Gasteiger partial charge in [-0.1, -0.05) is 6.07 Å². The zero-order valence-electron chi connectivity index (χ0n) is 13.9. The number of benzene rings is 1. The van der Waals surface area contributed by atoms with Crippen molar-refractivity contribution in [3.8, 4) is 5.75 Å². The van der Waals surface area contributed by atoms with Gasteiger partial charge in [-0.25, -0.2) is 9.78 Å². The van der Waals surface area contributed by atoms with Gasteiger partial charge in [-0.3, -0.25) is 13.9 Å². The van der Waals surface area contributed by atoms with Gasteiger partial charge in [-0.15, -0.1) is 11.8 Å². The predicted octanol–water partition coefficient (Wildman–Crippen LogP) is 1.27. The summed E-state index contributed by atoms with van der Waals surface area (Å²) in [6.45, 7) is 0. The van der Waals surface area contributed by atoms with E-state index in [0.717, 1.165) is 21.0 Å². The molecule has 0 fully saturated rings. The fraction of sp³-hybridized carbons (Fsp3) is 0.312. The van der Waals surface area contributed by atoms with Gasteiger partial charge in [0.2, 0.25) is 0 Å². The first-order chi connectivity index (χ1) is 11.4. The lowest BCUT2D eigenvalue weighted by Gasteiger charge is -2.05. The van der Waals surface area contributed by atoms with E-state index in [0.29, 0.717) is 16.9 Å². The molecule has 0 aliphatic rings. The summed E-state index contributed by atoms with van der Waals surface area (Å²) < 4.78 is 9.47. The Morgan fingerprint density at radius 2 is 1.88 bits per heavy atom. The van der Waals surface area contributed by atoms with Crippen LogP contribution < -0.4 is 16.0 Å². The highest BCUT2D eigenvalue weighted by Gasteiger charge is 2.16. The number of rotatable bonds is 4. The first kappa shape index (κ1) is 16.4. The second-order valence-corrected chi connectivity index (χ2v) is 6.48. The molecule has 0 aliphatic carbocycles. The van der Waals surface area contributed by atoms with E-state index >= 15 is 0 Å². The molecule has 0 N–H and O–H groups in total. The summed E-state index contributed by atoms with van der Waals surface area (Å²) in [5.74, 6) is 2.10. The third-order valence-electron chi connectivity index (χ3n) is 3.98. The van der Waals surface area contributed by atoms with Gasteiger partial charge in [0.1, 0.15) is 11.6 Å². The Morgan fingerprint density at radius 3 is 2.58 bits per heavy atom. The van der Waals surface area contributed by atoms with Crippen LogP contribution in [0.25, 0.3) is 11.2 Å². The third-order valence-corrected chi connectivity index (χ3v) is 4.97. The van der Waals surface area contributed by atoms with Gasteiger partial charge < -0.3 is 9.30 Å². The second-order valence-electron chi connectivity index (χ2n) is 5.43. The number of methoxy groups -OCH3 is 1. The summed E-state index contributed by atoms with van der Waals surface area (Å²) in [5, 5.41) is 0. The quantitative estimate of drug-likeness (QED) is 0.666. The highest BCUT2D eigenvalue weighted by molar-refractivity contribution is 7.98. The maximum Gasteiger partial charge on any atom is 0.332 e. The minimum atomic E-state index is -0.377. The molecular formula is C16H18N4O3S. The number of aromatic nitrogens is 4. The van der Waals surface area contributed by atoms with Crippen LogP contribution in [-0.2, 0) is 26.9 Å². The monoisotopic (exact) mass is 346 g/mol. The van der Waals surface area contributed by atoms with Gasteiger partial charge in [0, 0.05) is 26.0 Å². The molecule has 0 bridgehead atoms. The molecule has 0 unspecified atom stereocenters. The van der Waals surface area contributed by atoms with Gasteiger partial charge in [-0.05, 0) is 18.2 Å². The lowest BCUT2D eigenvalue weighted by molar-refractivity contribution is 0.413. The summed E-state index contributed by atoms with van der Waals surface area (Å²) in [4.78, 5) is 29.9. The minimum Gasteiger partial charge on any atom is -0.497 e. The van der Waals surface area contributed by atoms with Crippen molar-refractivity contribution in [1.29, 1.82) is 0 Å². The van der Waals surface area contributed by atoms with Crippen molar-refractivity contribution in [3.05, 3.63) is 50.9 Å². The molecule has 24 heavy (non-hydrogen) atoms. The van der Waals surface area contributed by atoms with E-state index in [1.807, 2.05) is 24.3 Å². The Labute approximate surface area is 142 Å². The Hall–Kier alpha value is -2.48. The summed E-state index contributed by atoms with van der Waals surface area (Å²) >= 11 is 1.59. The molecular weight excluding hydrogens is 328 g/mol. The molecule has 1 aromatic carbocycles. The van der Waals surface area contributed by atoms with Crippen molar-refractivity contribution in [2.75, 3.05) is 7.11 Å².